The Balaban J connectivity index is 1.44. The van der Waals surface area contributed by atoms with E-state index in [1.165, 1.54) is 16.2 Å². The van der Waals surface area contributed by atoms with Crippen LogP contribution in [-0.4, -0.2) is 11.8 Å². The lowest BCUT2D eigenvalue weighted by atomic mass is 10.2. The number of carbonyl (C=O) groups excluding carboxylic acids is 2. The standard InChI is InChI=1S/C23H18N2O2S3/c26-22(19-9-1-2-10-20(19)30-15-18-8-4-12-28-18)24-16-6-3-7-17(14-16)25-23(27)21-11-5-13-29-21/h1-14H,15H2,(H,24,26)(H,25,27). The van der Waals surface area contributed by atoms with Crippen molar-refractivity contribution in [3.63, 3.8) is 0 Å². The zero-order chi connectivity index (χ0) is 20.8. The summed E-state index contributed by atoms with van der Waals surface area (Å²) in [6, 6.07) is 22.5. The molecule has 0 saturated carbocycles. The average Bonchev–Trinajstić information content (AvgIpc) is 3.47. The molecule has 2 aromatic heterocycles. The lowest BCUT2D eigenvalue weighted by Crippen LogP contribution is -2.14. The van der Waals surface area contributed by atoms with Crippen LogP contribution in [-0.2, 0) is 5.75 Å². The van der Waals surface area contributed by atoms with Crippen molar-refractivity contribution in [2.45, 2.75) is 10.6 Å². The first-order chi connectivity index (χ1) is 14.7. The number of anilines is 2. The molecule has 0 aliphatic rings. The number of rotatable bonds is 7. The van der Waals surface area contributed by atoms with Crippen LogP contribution >= 0.6 is 34.4 Å². The van der Waals surface area contributed by atoms with Crippen LogP contribution in [0, 0.1) is 0 Å². The summed E-state index contributed by atoms with van der Waals surface area (Å²) in [5, 5.41) is 9.72. The molecule has 2 amide bonds. The molecule has 7 heteroatoms. The molecular formula is C23H18N2O2S3. The van der Waals surface area contributed by atoms with Crippen LogP contribution in [0.25, 0.3) is 0 Å². The Morgan fingerprint density at radius 2 is 1.50 bits per heavy atom. The van der Waals surface area contributed by atoms with Crippen LogP contribution in [0.3, 0.4) is 0 Å². The first-order valence-corrected chi connectivity index (χ1v) is 11.9. The zero-order valence-corrected chi connectivity index (χ0v) is 18.3. The van der Waals surface area contributed by atoms with Gasteiger partial charge in [0.2, 0.25) is 0 Å². The predicted octanol–water partition coefficient (Wildman–Crippen LogP) is 6.61. The van der Waals surface area contributed by atoms with Crippen molar-refractivity contribution < 1.29 is 9.59 Å². The van der Waals surface area contributed by atoms with Gasteiger partial charge in [-0.15, -0.1) is 34.4 Å². The van der Waals surface area contributed by atoms with Gasteiger partial charge in [0.05, 0.1) is 10.4 Å². The number of carbonyl (C=O) groups is 2. The minimum atomic E-state index is -0.175. The third-order valence-electron chi connectivity index (χ3n) is 4.20. The van der Waals surface area contributed by atoms with Crippen LogP contribution < -0.4 is 10.6 Å². The van der Waals surface area contributed by atoms with Crippen molar-refractivity contribution in [1.29, 1.82) is 0 Å². The molecule has 30 heavy (non-hydrogen) atoms. The predicted molar refractivity (Wildman–Crippen MR) is 127 cm³/mol. The maximum atomic E-state index is 12.9. The average molecular weight is 451 g/mol. The molecule has 0 unspecified atom stereocenters. The second kappa shape index (κ2) is 9.75. The Bertz CT molecular complexity index is 1140. The van der Waals surface area contributed by atoms with Gasteiger partial charge in [-0.1, -0.05) is 30.3 Å². The van der Waals surface area contributed by atoms with Crippen LogP contribution in [0.2, 0.25) is 0 Å². The van der Waals surface area contributed by atoms with Crippen molar-refractivity contribution in [3.8, 4) is 0 Å². The molecule has 2 heterocycles. The summed E-state index contributed by atoms with van der Waals surface area (Å²) in [7, 11) is 0. The third kappa shape index (κ3) is 5.18. The molecule has 150 valence electrons. The minimum Gasteiger partial charge on any atom is -0.322 e. The summed E-state index contributed by atoms with van der Waals surface area (Å²) in [4.78, 5) is 28.0. The highest BCUT2D eigenvalue weighted by molar-refractivity contribution is 7.98. The SMILES string of the molecule is O=C(Nc1cccc(NC(=O)c2ccccc2SCc2cccs2)c1)c1cccs1. The number of nitrogens with one attached hydrogen (secondary N) is 2. The van der Waals surface area contributed by atoms with Gasteiger partial charge < -0.3 is 10.6 Å². The summed E-state index contributed by atoms with van der Waals surface area (Å²) in [5.74, 6) is 0.487. The molecule has 2 aromatic carbocycles. The quantitative estimate of drug-likeness (QED) is 0.312. The number of thiophene rings is 2. The molecule has 0 saturated heterocycles. The lowest BCUT2D eigenvalue weighted by Gasteiger charge is -2.11. The third-order valence-corrected chi connectivity index (χ3v) is 7.26. The molecule has 0 bridgehead atoms. The lowest BCUT2D eigenvalue weighted by molar-refractivity contribution is 0.101. The fourth-order valence-electron chi connectivity index (χ4n) is 2.80. The van der Waals surface area contributed by atoms with E-state index >= 15 is 0 Å². The maximum Gasteiger partial charge on any atom is 0.265 e. The Labute approximate surface area is 187 Å². The number of benzene rings is 2. The summed E-state index contributed by atoms with van der Waals surface area (Å²) in [6.07, 6.45) is 0. The zero-order valence-electron chi connectivity index (χ0n) is 15.8. The number of hydrogen-bond donors (Lipinski definition) is 2. The fraction of sp³-hybridized carbons (Fsp3) is 0.0435. The fourth-order valence-corrected chi connectivity index (χ4v) is 5.24. The van der Waals surface area contributed by atoms with Crippen molar-refractivity contribution in [3.05, 3.63) is 98.9 Å². The van der Waals surface area contributed by atoms with Crippen molar-refractivity contribution in [2.24, 2.45) is 0 Å². The molecule has 4 nitrogen and oxygen atoms in total. The van der Waals surface area contributed by atoms with Crippen LogP contribution in [0.5, 0.6) is 0 Å². The van der Waals surface area contributed by atoms with Crippen molar-refractivity contribution in [2.75, 3.05) is 10.6 Å². The molecule has 0 aliphatic carbocycles. The van der Waals surface area contributed by atoms with E-state index in [0.29, 0.717) is 21.8 Å². The molecule has 4 rings (SSSR count). The van der Waals surface area contributed by atoms with Gasteiger partial charge in [-0.3, -0.25) is 9.59 Å². The molecule has 0 atom stereocenters. The highest BCUT2D eigenvalue weighted by Crippen LogP contribution is 2.28. The molecule has 0 spiro atoms. The van der Waals surface area contributed by atoms with Gasteiger partial charge in [-0.2, -0.15) is 0 Å². The maximum absolute atomic E-state index is 12.9. The Morgan fingerprint density at radius 3 is 2.23 bits per heavy atom. The van der Waals surface area contributed by atoms with Gasteiger partial charge in [0.1, 0.15) is 0 Å². The number of hydrogen-bond acceptors (Lipinski definition) is 5. The first kappa shape index (κ1) is 20.4. The topological polar surface area (TPSA) is 58.2 Å². The molecule has 0 fully saturated rings. The highest BCUT2D eigenvalue weighted by atomic mass is 32.2. The van der Waals surface area contributed by atoms with E-state index in [1.807, 2.05) is 41.8 Å². The highest BCUT2D eigenvalue weighted by Gasteiger charge is 2.13. The summed E-state index contributed by atoms with van der Waals surface area (Å²) >= 11 is 4.74. The molecule has 4 aromatic rings. The largest absolute Gasteiger partial charge is 0.322 e. The monoisotopic (exact) mass is 450 g/mol. The molecule has 2 N–H and O–H groups in total. The number of amides is 2. The van der Waals surface area contributed by atoms with Crippen LogP contribution in [0.15, 0.2) is 88.5 Å². The second-order valence-electron chi connectivity index (χ2n) is 6.33. The van der Waals surface area contributed by atoms with E-state index < -0.39 is 0 Å². The van der Waals surface area contributed by atoms with Gasteiger partial charge in [-0.05, 0) is 53.2 Å². The Hall–Kier alpha value is -2.87. The first-order valence-electron chi connectivity index (χ1n) is 9.19. The summed E-state index contributed by atoms with van der Waals surface area (Å²) in [5.41, 5.74) is 1.89. The van der Waals surface area contributed by atoms with E-state index in [4.69, 9.17) is 0 Å². The Morgan fingerprint density at radius 1 is 0.767 bits per heavy atom. The Kier molecular flexibility index (Phi) is 6.63. The van der Waals surface area contributed by atoms with Crippen LogP contribution in [0.4, 0.5) is 11.4 Å². The van der Waals surface area contributed by atoms with Gasteiger partial charge in [0, 0.05) is 26.9 Å². The van der Waals surface area contributed by atoms with E-state index in [-0.39, 0.29) is 11.8 Å². The smallest absolute Gasteiger partial charge is 0.265 e. The van der Waals surface area contributed by atoms with Gasteiger partial charge >= 0.3 is 0 Å². The van der Waals surface area contributed by atoms with Gasteiger partial charge in [-0.25, -0.2) is 0 Å². The van der Waals surface area contributed by atoms with E-state index in [2.05, 4.69) is 22.1 Å². The van der Waals surface area contributed by atoms with Crippen molar-refractivity contribution >= 4 is 57.6 Å². The van der Waals surface area contributed by atoms with Gasteiger partial charge in [0.15, 0.2) is 0 Å². The van der Waals surface area contributed by atoms with E-state index in [0.717, 1.165) is 10.6 Å². The van der Waals surface area contributed by atoms with Gasteiger partial charge in [0.25, 0.3) is 11.8 Å². The van der Waals surface area contributed by atoms with E-state index in [9.17, 15) is 9.59 Å². The normalized spacial score (nSPS) is 10.5. The van der Waals surface area contributed by atoms with E-state index in [1.54, 1.807) is 53.4 Å². The minimum absolute atomic E-state index is 0.163. The second-order valence-corrected chi connectivity index (χ2v) is 9.33. The summed E-state index contributed by atoms with van der Waals surface area (Å²) in [6.45, 7) is 0. The van der Waals surface area contributed by atoms with Crippen LogP contribution in [0.1, 0.15) is 24.9 Å². The summed E-state index contributed by atoms with van der Waals surface area (Å²) < 4.78 is 0. The molecule has 0 aliphatic heterocycles. The molecular weight excluding hydrogens is 432 g/mol. The number of thioether (sulfide) groups is 1. The van der Waals surface area contributed by atoms with Crippen molar-refractivity contribution in [1.82, 2.24) is 0 Å². The molecule has 0 radical (unpaired) electrons.